The number of carbonyl (C=O) groups is 10. The van der Waals surface area contributed by atoms with Crippen molar-refractivity contribution in [2.75, 3.05) is 13.1 Å². The fourth-order valence-corrected chi connectivity index (χ4v) is 13.5. The maximum absolute atomic E-state index is 14.0. The van der Waals surface area contributed by atoms with Gasteiger partial charge < -0.3 is 15.5 Å². The molecule has 10 atom stereocenters. The van der Waals surface area contributed by atoms with Crippen molar-refractivity contribution < 1.29 is 47.9 Å². The maximum atomic E-state index is 14.0. The van der Waals surface area contributed by atoms with E-state index in [-0.39, 0.29) is 106 Å². The first-order chi connectivity index (χ1) is 33.7. The highest BCUT2D eigenvalue weighted by Gasteiger charge is 2.71. The SMILES string of the molecule is CC(=O)C(=O)[C@@H](CC(=O)[C@@H]1C2C(CN1C(=O)[C@@H](CC(=O)CC(C)(C)C)C(C)(C)C)C2(C)C)CC1CCC1.CC(C)(C)CC(=O)C[C@H](C(=O)N1CC2C([C@H]1C(=O)C[C@H](CC1CCC1)C(=O)C(N)=O)C2(C)C)C(C)(C)C. The van der Waals surface area contributed by atoms with E-state index in [0.29, 0.717) is 50.6 Å². The molecule has 3 amide bonds. The number of primary amides is 1. The van der Waals surface area contributed by atoms with E-state index >= 15 is 0 Å². The molecule has 0 bridgehead atoms. The average molecular weight is 1030 g/mol. The van der Waals surface area contributed by atoms with Gasteiger partial charge in [-0.3, -0.25) is 47.9 Å². The van der Waals surface area contributed by atoms with Crippen molar-refractivity contribution in [2.45, 2.75) is 220 Å². The summed E-state index contributed by atoms with van der Waals surface area (Å²) in [5.74, 6) is -4.09. The summed E-state index contributed by atoms with van der Waals surface area (Å²) < 4.78 is 0. The molecule has 416 valence electrons. The lowest BCUT2D eigenvalue weighted by Gasteiger charge is -2.38. The third-order valence-electron chi connectivity index (χ3n) is 18.6. The zero-order valence-corrected chi connectivity index (χ0v) is 48.8. The van der Waals surface area contributed by atoms with Crippen molar-refractivity contribution in [3.05, 3.63) is 0 Å². The Morgan fingerprint density at radius 1 is 0.514 bits per heavy atom. The van der Waals surface area contributed by atoms with E-state index in [4.69, 9.17) is 5.73 Å². The van der Waals surface area contributed by atoms with Gasteiger partial charge in [0.2, 0.25) is 23.4 Å². The monoisotopic (exact) mass is 1030 g/mol. The summed E-state index contributed by atoms with van der Waals surface area (Å²) >= 11 is 0. The first kappa shape index (κ1) is 61.0. The molecule has 4 unspecified atom stereocenters. The summed E-state index contributed by atoms with van der Waals surface area (Å²) in [6.07, 6.45) is 8.46. The number of amides is 3. The van der Waals surface area contributed by atoms with E-state index in [1.54, 1.807) is 9.80 Å². The summed E-state index contributed by atoms with van der Waals surface area (Å²) in [5, 5.41) is 0. The van der Waals surface area contributed by atoms with Crippen LogP contribution in [0.15, 0.2) is 0 Å². The first-order valence-electron chi connectivity index (χ1n) is 28.3. The number of nitrogens with zero attached hydrogens (tertiary/aromatic N) is 2. The molecule has 13 heteroatoms. The molecule has 0 aromatic rings. The minimum absolute atomic E-state index is 0.0196. The van der Waals surface area contributed by atoms with Crippen LogP contribution in [-0.4, -0.2) is 93.2 Å². The van der Waals surface area contributed by atoms with Crippen molar-refractivity contribution in [2.24, 2.45) is 97.4 Å². The Bertz CT molecular complexity index is 2050. The molecule has 0 aromatic heterocycles. The number of Topliss-reactive ketones (excluding diaryl/α,β-unsaturated/α-hetero) is 7. The zero-order chi connectivity index (χ0) is 56.2. The number of hydrogen-bond donors (Lipinski definition) is 1. The molecular formula is C61H97N3O10. The summed E-state index contributed by atoms with van der Waals surface area (Å²) in [5.41, 5.74) is 4.04. The third kappa shape index (κ3) is 14.4. The number of carbonyl (C=O) groups excluding carboxylic acids is 10. The molecule has 0 spiro atoms. The van der Waals surface area contributed by atoms with Crippen LogP contribution in [-0.2, 0) is 47.9 Å². The van der Waals surface area contributed by atoms with Crippen LogP contribution in [0.25, 0.3) is 0 Å². The van der Waals surface area contributed by atoms with E-state index in [0.717, 1.165) is 38.5 Å². The highest BCUT2D eigenvalue weighted by Crippen LogP contribution is 2.66. The van der Waals surface area contributed by atoms with Crippen LogP contribution >= 0.6 is 0 Å². The predicted octanol–water partition coefficient (Wildman–Crippen LogP) is 9.80. The second-order valence-electron chi connectivity index (χ2n) is 30.0. The van der Waals surface area contributed by atoms with Gasteiger partial charge in [0.25, 0.3) is 5.91 Å². The van der Waals surface area contributed by atoms with Crippen molar-refractivity contribution in [3.8, 4) is 0 Å². The minimum Gasteiger partial charge on any atom is -0.363 e. The zero-order valence-electron chi connectivity index (χ0n) is 48.8. The van der Waals surface area contributed by atoms with Crippen molar-refractivity contribution in [1.29, 1.82) is 0 Å². The number of ketones is 7. The van der Waals surface area contributed by atoms with Crippen LogP contribution in [0.3, 0.4) is 0 Å². The van der Waals surface area contributed by atoms with E-state index in [2.05, 4.69) is 27.7 Å². The molecule has 2 saturated heterocycles. The van der Waals surface area contributed by atoms with Gasteiger partial charge in [-0.1, -0.05) is 149 Å². The molecule has 6 rings (SSSR count). The van der Waals surface area contributed by atoms with Crippen LogP contribution in [0.4, 0.5) is 0 Å². The number of likely N-dealkylation sites (tertiary alicyclic amines) is 2. The van der Waals surface area contributed by atoms with Crippen LogP contribution in [0, 0.1) is 91.7 Å². The standard InChI is InChI=1S/C31H49NO5.C30H48N2O5/c1-18(33)27(36)20(13-19-11-10-12-19)14-24(35)26-25-23(31(25,8)9)17-32(26)28(37)22(30(5,6)7)15-21(34)16-29(2,3)4;1-28(2,3)15-19(33)14-20(29(4,5)6)27(37)32-16-21-23(30(21,7)8)24(32)22(34)13-18(25(35)26(31)36)12-17-10-9-11-17/h19-20,22-23,25-26H,10-17H2,1-9H3;17-18,20-21,23-24H,9-16H2,1-8H3,(H2,31,36)/t20-,22-,23?,25?,26-;18-,20+,21?,23?,24+/m10/s1. The average Bonchev–Trinajstić information content (AvgIpc) is 3.66. The summed E-state index contributed by atoms with van der Waals surface area (Å²) in [4.78, 5) is 134. The van der Waals surface area contributed by atoms with Crippen molar-refractivity contribution in [1.82, 2.24) is 9.80 Å². The fourth-order valence-electron chi connectivity index (χ4n) is 13.5. The lowest BCUT2D eigenvalue weighted by molar-refractivity contribution is -0.148. The molecule has 4 saturated carbocycles. The normalized spacial score (nSPS) is 26.6. The summed E-state index contributed by atoms with van der Waals surface area (Å²) in [6, 6.07) is -1.21. The van der Waals surface area contributed by atoms with E-state index in [1.165, 1.54) is 6.92 Å². The molecule has 0 radical (unpaired) electrons. The molecule has 74 heavy (non-hydrogen) atoms. The second-order valence-corrected chi connectivity index (χ2v) is 30.0. The Kier molecular flexibility index (Phi) is 18.3. The smallest absolute Gasteiger partial charge is 0.285 e. The highest BCUT2D eigenvalue weighted by atomic mass is 16.2. The number of rotatable bonds is 22. The second kappa shape index (κ2) is 22.2. The molecule has 2 heterocycles. The predicted molar refractivity (Wildman–Crippen MR) is 286 cm³/mol. The van der Waals surface area contributed by atoms with E-state index in [1.807, 2.05) is 83.1 Å². The van der Waals surface area contributed by atoms with Crippen molar-refractivity contribution in [3.63, 3.8) is 0 Å². The summed E-state index contributed by atoms with van der Waals surface area (Å²) in [6.45, 7) is 34.8. The van der Waals surface area contributed by atoms with Crippen molar-refractivity contribution >= 4 is 58.2 Å². The third-order valence-corrected chi connectivity index (χ3v) is 18.6. The Balaban J connectivity index is 0.000000274. The van der Waals surface area contributed by atoms with Gasteiger partial charge in [0.15, 0.2) is 17.3 Å². The largest absolute Gasteiger partial charge is 0.363 e. The van der Waals surface area contributed by atoms with Crippen LogP contribution in [0.1, 0.15) is 208 Å². The molecule has 0 aromatic carbocycles. The van der Waals surface area contributed by atoms with Crippen LogP contribution in [0.5, 0.6) is 0 Å². The molecule has 6 aliphatic rings. The number of piperidine rings is 2. The van der Waals surface area contributed by atoms with Gasteiger partial charge in [0, 0.05) is 82.2 Å². The van der Waals surface area contributed by atoms with Gasteiger partial charge >= 0.3 is 0 Å². The van der Waals surface area contributed by atoms with Gasteiger partial charge in [-0.2, -0.15) is 0 Å². The topological polar surface area (TPSA) is 203 Å². The molecule has 2 N–H and O–H groups in total. The number of fused-ring (bicyclic) bond motifs is 2. The molecular weight excluding hydrogens is 935 g/mol. The fraction of sp³-hybridized carbons (Fsp3) is 0.836. The molecule has 2 aliphatic heterocycles. The van der Waals surface area contributed by atoms with Gasteiger partial charge in [-0.15, -0.1) is 0 Å². The van der Waals surface area contributed by atoms with Gasteiger partial charge in [-0.25, -0.2) is 0 Å². The quantitative estimate of drug-likeness (QED) is 0.102. The Morgan fingerprint density at radius 3 is 1.09 bits per heavy atom. The van der Waals surface area contributed by atoms with Gasteiger partial charge in [0.1, 0.15) is 11.6 Å². The molecule has 6 fully saturated rings. The van der Waals surface area contributed by atoms with E-state index in [9.17, 15) is 47.9 Å². The Labute approximate surface area is 444 Å². The lowest BCUT2D eigenvalue weighted by atomic mass is 9.74. The van der Waals surface area contributed by atoms with E-state index < -0.39 is 69.8 Å². The number of hydrogen-bond acceptors (Lipinski definition) is 10. The minimum atomic E-state index is -0.994. The van der Waals surface area contributed by atoms with Crippen LogP contribution in [0.2, 0.25) is 0 Å². The lowest BCUT2D eigenvalue weighted by Crippen LogP contribution is -2.51. The highest BCUT2D eigenvalue weighted by molar-refractivity contribution is 6.37. The Hall–Kier alpha value is -3.90. The number of nitrogens with two attached hydrogens (primary N) is 1. The van der Waals surface area contributed by atoms with Crippen LogP contribution < -0.4 is 5.73 Å². The Morgan fingerprint density at radius 2 is 0.838 bits per heavy atom. The van der Waals surface area contributed by atoms with Gasteiger partial charge in [0.05, 0.1) is 12.1 Å². The first-order valence-corrected chi connectivity index (χ1v) is 28.3. The molecule has 13 nitrogen and oxygen atoms in total. The van der Waals surface area contributed by atoms with Gasteiger partial charge in [-0.05, 0) is 80.8 Å². The molecule has 4 aliphatic carbocycles. The maximum Gasteiger partial charge on any atom is 0.285 e. The summed E-state index contributed by atoms with van der Waals surface area (Å²) in [7, 11) is 0.